The van der Waals surface area contributed by atoms with Gasteiger partial charge in [-0.05, 0) is 24.6 Å². The van der Waals surface area contributed by atoms with E-state index in [0.29, 0.717) is 0 Å². The molecule has 0 saturated heterocycles. The zero-order valence-electron chi connectivity index (χ0n) is 7.73. The maximum atomic E-state index is 4.30. The number of nitrogens with zero attached hydrogens (tertiary/aromatic N) is 2. The van der Waals surface area contributed by atoms with Crippen molar-refractivity contribution < 1.29 is 0 Å². The predicted octanol–water partition coefficient (Wildman–Crippen LogP) is 2.81. The van der Waals surface area contributed by atoms with Crippen LogP contribution in [0.25, 0.3) is 5.69 Å². The molecule has 0 unspecified atom stereocenters. The van der Waals surface area contributed by atoms with E-state index in [4.69, 9.17) is 0 Å². The number of hydrogen-bond acceptors (Lipinski definition) is 1. The highest BCUT2D eigenvalue weighted by atomic mass is 79.9. The molecular weight excluding hydrogens is 240 g/mol. The topological polar surface area (TPSA) is 17.8 Å². The number of alkyl halides is 1. The zero-order valence-corrected chi connectivity index (χ0v) is 9.31. The lowest BCUT2D eigenvalue weighted by Crippen LogP contribution is -2.02. The van der Waals surface area contributed by atoms with Crippen LogP contribution in [-0.4, -0.2) is 15.1 Å². The van der Waals surface area contributed by atoms with E-state index in [1.165, 1.54) is 5.69 Å². The van der Waals surface area contributed by atoms with Gasteiger partial charge in [0.1, 0.15) is 0 Å². The van der Waals surface area contributed by atoms with Crippen LogP contribution in [0.1, 0.15) is 5.69 Å². The minimum absolute atomic E-state index is 0.964. The Labute approximate surface area is 91.7 Å². The Balaban J connectivity index is 2.37. The lowest BCUT2D eigenvalue weighted by Gasteiger charge is -2.05. The van der Waals surface area contributed by atoms with Crippen LogP contribution >= 0.6 is 15.9 Å². The molecule has 0 N–H and O–H groups in total. The van der Waals surface area contributed by atoms with Crippen LogP contribution in [0, 0.1) is 0 Å². The Bertz CT molecular complexity index is 395. The van der Waals surface area contributed by atoms with Crippen LogP contribution in [0.3, 0.4) is 0 Å². The molecule has 2 aromatic rings. The lowest BCUT2D eigenvalue weighted by molar-refractivity contribution is 0.818. The molecule has 0 aliphatic heterocycles. The molecule has 1 aromatic heterocycles. The average molecular weight is 251 g/mol. The predicted molar refractivity (Wildman–Crippen MR) is 61.1 cm³/mol. The van der Waals surface area contributed by atoms with Crippen LogP contribution in [0.4, 0.5) is 0 Å². The maximum Gasteiger partial charge on any atom is 0.0648 e. The fourth-order valence-corrected chi connectivity index (χ4v) is 1.82. The third-order valence-corrected chi connectivity index (χ3v) is 2.47. The molecule has 0 radical (unpaired) electrons. The molecule has 0 amide bonds. The Morgan fingerprint density at radius 3 is 2.64 bits per heavy atom. The minimum atomic E-state index is 0.964. The number of hydrogen-bond donors (Lipinski definition) is 0. The second-order valence-corrected chi connectivity index (χ2v) is 3.80. The number of aromatic nitrogens is 2. The molecule has 1 heterocycles. The smallest absolute Gasteiger partial charge is 0.0648 e. The second kappa shape index (κ2) is 4.42. The van der Waals surface area contributed by atoms with Crippen molar-refractivity contribution in [2.75, 3.05) is 5.33 Å². The largest absolute Gasteiger partial charge is 0.238 e. The molecule has 0 saturated carbocycles. The van der Waals surface area contributed by atoms with Crippen LogP contribution < -0.4 is 0 Å². The van der Waals surface area contributed by atoms with Gasteiger partial charge >= 0.3 is 0 Å². The first-order valence-corrected chi connectivity index (χ1v) is 5.68. The quantitative estimate of drug-likeness (QED) is 0.767. The Kier molecular flexibility index (Phi) is 2.99. The normalized spacial score (nSPS) is 10.4. The third-order valence-electron chi connectivity index (χ3n) is 2.07. The maximum absolute atomic E-state index is 4.30. The summed E-state index contributed by atoms with van der Waals surface area (Å²) in [5, 5.41) is 5.26. The minimum Gasteiger partial charge on any atom is -0.238 e. The molecule has 0 atom stereocenters. The summed E-state index contributed by atoms with van der Waals surface area (Å²) in [7, 11) is 0. The Morgan fingerprint density at radius 2 is 1.93 bits per heavy atom. The fraction of sp³-hybridized carbons (Fsp3) is 0.182. The first-order valence-electron chi connectivity index (χ1n) is 4.56. The van der Waals surface area contributed by atoms with Gasteiger partial charge in [0, 0.05) is 17.2 Å². The van der Waals surface area contributed by atoms with Gasteiger partial charge < -0.3 is 0 Å². The van der Waals surface area contributed by atoms with Crippen molar-refractivity contribution in [1.29, 1.82) is 0 Å². The van der Waals surface area contributed by atoms with Crippen LogP contribution in [0.5, 0.6) is 0 Å². The van der Waals surface area contributed by atoms with Gasteiger partial charge in [0.05, 0.1) is 5.69 Å². The first kappa shape index (κ1) is 9.46. The van der Waals surface area contributed by atoms with E-state index in [9.17, 15) is 0 Å². The summed E-state index contributed by atoms with van der Waals surface area (Å²) in [4.78, 5) is 0. The molecule has 72 valence electrons. The first-order chi connectivity index (χ1) is 6.92. The number of rotatable bonds is 3. The SMILES string of the molecule is BrCCc1ccnn1-c1ccccc1. The van der Waals surface area contributed by atoms with E-state index >= 15 is 0 Å². The molecule has 0 fully saturated rings. The van der Waals surface area contributed by atoms with Gasteiger partial charge in [0.15, 0.2) is 0 Å². The van der Waals surface area contributed by atoms with E-state index < -0.39 is 0 Å². The summed E-state index contributed by atoms with van der Waals surface area (Å²) >= 11 is 3.44. The highest BCUT2D eigenvalue weighted by Gasteiger charge is 2.02. The highest BCUT2D eigenvalue weighted by Crippen LogP contribution is 2.10. The number of benzene rings is 1. The Hall–Kier alpha value is -1.09. The Morgan fingerprint density at radius 1 is 1.14 bits per heavy atom. The summed E-state index contributed by atoms with van der Waals surface area (Å²) in [5.74, 6) is 0. The van der Waals surface area contributed by atoms with Crippen molar-refractivity contribution in [2.45, 2.75) is 6.42 Å². The number of halogens is 1. The molecule has 3 heteroatoms. The highest BCUT2D eigenvalue weighted by molar-refractivity contribution is 9.09. The molecule has 0 aliphatic carbocycles. The molecule has 0 spiro atoms. The molecule has 1 aromatic carbocycles. The van der Waals surface area contributed by atoms with E-state index in [0.717, 1.165) is 17.4 Å². The molecular formula is C11H11BrN2. The van der Waals surface area contributed by atoms with Crippen molar-refractivity contribution >= 4 is 15.9 Å². The van der Waals surface area contributed by atoms with E-state index in [1.54, 1.807) is 0 Å². The summed E-state index contributed by atoms with van der Waals surface area (Å²) in [5.41, 5.74) is 2.35. The van der Waals surface area contributed by atoms with Gasteiger partial charge in [-0.1, -0.05) is 34.1 Å². The van der Waals surface area contributed by atoms with E-state index in [2.05, 4.69) is 33.2 Å². The molecule has 2 rings (SSSR count). The van der Waals surface area contributed by atoms with Crippen molar-refractivity contribution in [2.24, 2.45) is 0 Å². The van der Waals surface area contributed by atoms with E-state index in [1.807, 2.05) is 35.1 Å². The molecule has 14 heavy (non-hydrogen) atoms. The van der Waals surface area contributed by atoms with Crippen molar-refractivity contribution in [3.63, 3.8) is 0 Å². The fourth-order valence-electron chi connectivity index (χ4n) is 1.42. The van der Waals surface area contributed by atoms with Gasteiger partial charge in [-0.15, -0.1) is 0 Å². The lowest BCUT2D eigenvalue weighted by atomic mass is 10.3. The number of para-hydroxylation sites is 1. The van der Waals surface area contributed by atoms with Crippen molar-refractivity contribution in [3.05, 3.63) is 48.3 Å². The molecule has 0 aliphatic rings. The zero-order chi connectivity index (χ0) is 9.80. The van der Waals surface area contributed by atoms with Gasteiger partial charge in [-0.3, -0.25) is 0 Å². The van der Waals surface area contributed by atoms with Crippen LogP contribution in [0.15, 0.2) is 42.6 Å². The van der Waals surface area contributed by atoms with Crippen LogP contribution in [-0.2, 0) is 6.42 Å². The van der Waals surface area contributed by atoms with Crippen LogP contribution in [0.2, 0.25) is 0 Å². The summed E-state index contributed by atoms with van der Waals surface area (Å²) in [6.07, 6.45) is 2.83. The molecule has 0 bridgehead atoms. The van der Waals surface area contributed by atoms with Gasteiger partial charge in [-0.25, -0.2) is 4.68 Å². The summed E-state index contributed by atoms with van der Waals surface area (Å²) in [6.45, 7) is 0. The van der Waals surface area contributed by atoms with E-state index in [-0.39, 0.29) is 0 Å². The molecule has 2 nitrogen and oxygen atoms in total. The van der Waals surface area contributed by atoms with Crippen molar-refractivity contribution in [3.8, 4) is 5.69 Å². The monoisotopic (exact) mass is 250 g/mol. The average Bonchev–Trinajstić information content (AvgIpc) is 2.68. The summed E-state index contributed by atoms with van der Waals surface area (Å²) in [6, 6.07) is 12.2. The van der Waals surface area contributed by atoms with Gasteiger partial charge in [-0.2, -0.15) is 5.10 Å². The second-order valence-electron chi connectivity index (χ2n) is 3.01. The summed E-state index contributed by atoms with van der Waals surface area (Å²) < 4.78 is 1.97. The van der Waals surface area contributed by atoms with Gasteiger partial charge in [0.25, 0.3) is 0 Å². The third kappa shape index (κ3) is 1.87. The van der Waals surface area contributed by atoms with Crippen molar-refractivity contribution in [1.82, 2.24) is 9.78 Å². The van der Waals surface area contributed by atoms with Gasteiger partial charge in [0.2, 0.25) is 0 Å². The standard InChI is InChI=1S/C11H11BrN2/c12-8-6-11-7-9-13-14(11)10-4-2-1-3-5-10/h1-5,7,9H,6,8H2. The number of aryl methyl sites for hydroxylation is 1.